The van der Waals surface area contributed by atoms with Gasteiger partial charge < -0.3 is 10.5 Å². The van der Waals surface area contributed by atoms with Crippen LogP contribution in [-0.2, 0) is 15.3 Å². The number of carbonyl (C=O) groups excluding carboxylic acids is 1. The van der Waals surface area contributed by atoms with Crippen molar-refractivity contribution < 1.29 is 13.9 Å². The van der Waals surface area contributed by atoms with Gasteiger partial charge in [0.25, 0.3) is 0 Å². The predicted molar refractivity (Wildman–Crippen MR) is 75.1 cm³/mol. The molecule has 5 heteroatoms. The SMILES string of the molecule is COC(=O)CCSCc1ccc(F)c(C#CCN)c1. The number of rotatable bonds is 5. The van der Waals surface area contributed by atoms with Crippen LogP contribution in [0.5, 0.6) is 0 Å². The summed E-state index contributed by atoms with van der Waals surface area (Å²) < 4.78 is 18.0. The summed E-state index contributed by atoms with van der Waals surface area (Å²) in [6, 6.07) is 4.83. The van der Waals surface area contributed by atoms with Gasteiger partial charge in [0.15, 0.2) is 0 Å². The number of ether oxygens (including phenoxy) is 1. The molecule has 2 N–H and O–H groups in total. The van der Waals surface area contributed by atoms with Crippen molar-refractivity contribution in [3.05, 3.63) is 35.1 Å². The van der Waals surface area contributed by atoms with Gasteiger partial charge in [-0.3, -0.25) is 4.79 Å². The van der Waals surface area contributed by atoms with Crippen molar-refractivity contribution in [1.82, 2.24) is 0 Å². The number of benzene rings is 1. The number of halogens is 1. The Morgan fingerprint density at radius 3 is 3.00 bits per heavy atom. The van der Waals surface area contributed by atoms with Crippen LogP contribution in [0, 0.1) is 17.7 Å². The molecule has 1 aromatic rings. The standard InChI is InChI=1S/C14H16FNO2S/c1-18-14(17)6-8-19-10-11-4-5-13(15)12(9-11)3-2-7-16/h4-5,9H,6-8,10,16H2,1H3. The number of hydrogen-bond acceptors (Lipinski definition) is 4. The molecule has 0 radical (unpaired) electrons. The van der Waals surface area contributed by atoms with Crippen LogP contribution in [0.25, 0.3) is 0 Å². The molecule has 0 spiro atoms. The maximum Gasteiger partial charge on any atom is 0.306 e. The van der Waals surface area contributed by atoms with Crippen molar-refractivity contribution in [3.8, 4) is 11.8 Å². The molecule has 0 saturated heterocycles. The van der Waals surface area contributed by atoms with Crippen LogP contribution >= 0.6 is 11.8 Å². The van der Waals surface area contributed by atoms with Crippen LogP contribution in [0.4, 0.5) is 4.39 Å². The van der Waals surface area contributed by atoms with Gasteiger partial charge in [0.1, 0.15) is 5.82 Å². The maximum atomic E-state index is 13.4. The fourth-order valence-electron chi connectivity index (χ4n) is 1.35. The van der Waals surface area contributed by atoms with E-state index in [0.717, 1.165) is 5.56 Å². The van der Waals surface area contributed by atoms with E-state index in [1.54, 1.807) is 23.9 Å². The molecule has 0 fully saturated rings. The summed E-state index contributed by atoms with van der Waals surface area (Å²) in [6.45, 7) is 0.206. The third-order valence-corrected chi connectivity index (χ3v) is 3.33. The second-order valence-corrected chi connectivity index (χ2v) is 4.80. The third-order valence-electron chi connectivity index (χ3n) is 2.30. The zero-order chi connectivity index (χ0) is 14.1. The van der Waals surface area contributed by atoms with E-state index in [1.165, 1.54) is 13.2 Å². The average molecular weight is 281 g/mol. The Kier molecular flexibility index (Phi) is 7.01. The summed E-state index contributed by atoms with van der Waals surface area (Å²) in [5, 5.41) is 0. The van der Waals surface area contributed by atoms with Crippen LogP contribution in [0.1, 0.15) is 17.5 Å². The molecule has 0 amide bonds. The van der Waals surface area contributed by atoms with Crippen molar-refractivity contribution in [2.75, 3.05) is 19.4 Å². The first kappa shape index (κ1) is 15.5. The Bertz CT molecular complexity index is 494. The Labute approximate surface area is 116 Å². The molecule has 0 aromatic heterocycles. The number of methoxy groups -OCH3 is 1. The number of thioether (sulfide) groups is 1. The van der Waals surface area contributed by atoms with Gasteiger partial charge in [-0.25, -0.2) is 4.39 Å². The first-order valence-corrected chi connectivity index (χ1v) is 6.94. The van der Waals surface area contributed by atoms with Crippen LogP contribution in [0.15, 0.2) is 18.2 Å². The van der Waals surface area contributed by atoms with E-state index in [4.69, 9.17) is 5.73 Å². The Morgan fingerprint density at radius 1 is 1.53 bits per heavy atom. The molecule has 0 bridgehead atoms. The van der Waals surface area contributed by atoms with E-state index < -0.39 is 0 Å². The second kappa shape index (κ2) is 8.57. The summed E-state index contributed by atoms with van der Waals surface area (Å²) >= 11 is 1.59. The monoisotopic (exact) mass is 281 g/mol. The molecule has 3 nitrogen and oxygen atoms in total. The molecular formula is C14H16FNO2S. The quantitative estimate of drug-likeness (QED) is 0.509. The smallest absolute Gasteiger partial charge is 0.306 e. The molecule has 1 aromatic carbocycles. The Morgan fingerprint density at radius 2 is 2.32 bits per heavy atom. The maximum absolute atomic E-state index is 13.4. The minimum absolute atomic E-state index is 0.206. The molecule has 0 atom stereocenters. The second-order valence-electron chi connectivity index (χ2n) is 3.70. The molecule has 102 valence electrons. The number of hydrogen-bond donors (Lipinski definition) is 1. The van der Waals surface area contributed by atoms with E-state index in [9.17, 15) is 9.18 Å². The highest BCUT2D eigenvalue weighted by atomic mass is 32.2. The number of carbonyl (C=O) groups is 1. The number of esters is 1. The molecule has 1 rings (SSSR count). The lowest BCUT2D eigenvalue weighted by Crippen LogP contribution is -2.01. The highest BCUT2D eigenvalue weighted by Gasteiger charge is 2.03. The Balaban J connectivity index is 2.52. The molecular weight excluding hydrogens is 265 g/mol. The van der Waals surface area contributed by atoms with E-state index in [-0.39, 0.29) is 18.3 Å². The summed E-state index contributed by atoms with van der Waals surface area (Å²) in [5.41, 5.74) is 6.59. The minimum atomic E-state index is -0.343. The minimum Gasteiger partial charge on any atom is -0.469 e. The zero-order valence-corrected chi connectivity index (χ0v) is 11.6. The van der Waals surface area contributed by atoms with Crippen molar-refractivity contribution >= 4 is 17.7 Å². The zero-order valence-electron chi connectivity index (χ0n) is 10.7. The van der Waals surface area contributed by atoms with Gasteiger partial charge in [-0.2, -0.15) is 11.8 Å². The van der Waals surface area contributed by atoms with E-state index in [2.05, 4.69) is 16.6 Å². The summed E-state index contributed by atoms with van der Waals surface area (Å²) in [5.74, 6) is 6.14. The van der Waals surface area contributed by atoms with Crippen LogP contribution in [0.3, 0.4) is 0 Å². The highest BCUT2D eigenvalue weighted by molar-refractivity contribution is 7.98. The van der Waals surface area contributed by atoms with Gasteiger partial charge in [-0.1, -0.05) is 17.9 Å². The number of nitrogens with two attached hydrogens (primary N) is 1. The topological polar surface area (TPSA) is 52.3 Å². The van der Waals surface area contributed by atoms with Crippen LogP contribution in [-0.4, -0.2) is 25.4 Å². The van der Waals surface area contributed by atoms with Gasteiger partial charge in [-0.05, 0) is 17.7 Å². The molecule has 0 aliphatic carbocycles. The molecule has 0 aliphatic rings. The fourth-order valence-corrected chi connectivity index (χ4v) is 2.22. The highest BCUT2D eigenvalue weighted by Crippen LogP contribution is 2.16. The lowest BCUT2D eigenvalue weighted by atomic mass is 10.1. The predicted octanol–water partition coefficient (Wildman–Crippen LogP) is 1.93. The molecule has 19 heavy (non-hydrogen) atoms. The normalized spacial score (nSPS) is 9.63. The molecule has 0 saturated carbocycles. The van der Waals surface area contributed by atoms with E-state index in [1.807, 2.05) is 0 Å². The fraction of sp³-hybridized carbons (Fsp3) is 0.357. The van der Waals surface area contributed by atoms with Crippen LogP contribution < -0.4 is 5.73 Å². The first-order valence-electron chi connectivity index (χ1n) is 5.79. The van der Waals surface area contributed by atoms with Gasteiger partial charge in [-0.15, -0.1) is 0 Å². The lowest BCUT2D eigenvalue weighted by Gasteiger charge is -2.03. The van der Waals surface area contributed by atoms with Crippen molar-refractivity contribution in [3.63, 3.8) is 0 Å². The van der Waals surface area contributed by atoms with Crippen molar-refractivity contribution in [2.24, 2.45) is 5.73 Å². The Hall–Kier alpha value is -1.51. The largest absolute Gasteiger partial charge is 0.469 e. The third kappa shape index (κ3) is 5.77. The van der Waals surface area contributed by atoms with Crippen molar-refractivity contribution in [2.45, 2.75) is 12.2 Å². The van der Waals surface area contributed by atoms with E-state index >= 15 is 0 Å². The summed E-state index contributed by atoms with van der Waals surface area (Å²) in [7, 11) is 1.37. The lowest BCUT2D eigenvalue weighted by molar-refractivity contribution is -0.140. The summed E-state index contributed by atoms with van der Waals surface area (Å²) in [4.78, 5) is 10.9. The average Bonchev–Trinajstić information content (AvgIpc) is 2.43. The first-order chi connectivity index (χ1) is 9.17. The molecule has 0 unspecified atom stereocenters. The van der Waals surface area contributed by atoms with Crippen molar-refractivity contribution in [1.29, 1.82) is 0 Å². The van der Waals surface area contributed by atoms with Crippen LogP contribution in [0.2, 0.25) is 0 Å². The molecule has 0 heterocycles. The molecule has 0 aliphatic heterocycles. The van der Waals surface area contributed by atoms with Gasteiger partial charge >= 0.3 is 5.97 Å². The van der Waals surface area contributed by atoms with Gasteiger partial charge in [0, 0.05) is 11.5 Å². The van der Waals surface area contributed by atoms with Gasteiger partial charge in [0.2, 0.25) is 0 Å². The van der Waals surface area contributed by atoms with E-state index in [0.29, 0.717) is 23.5 Å². The summed E-state index contributed by atoms with van der Waals surface area (Å²) in [6.07, 6.45) is 0.377. The van der Waals surface area contributed by atoms with Gasteiger partial charge in [0.05, 0.1) is 25.6 Å².